The molecule has 0 spiro atoms. The van der Waals surface area contributed by atoms with Crippen molar-refractivity contribution in [3.63, 3.8) is 0 Å². The van der Waals surface area contributed by atoms with E-state index in [1.54, 1.807) is 0 Å². The fraction of sp³-hybridized carbons (Fsp3) is 0.652. The van der Waals surface area contributed by atoms with E-state index < -0.39 is 0 Å². The highest BCUT2D eigenvalue weighted by atomic mass is 16.5. The maximum atomic E-state index is 12.8. The molecule has 4 fully saturated rings. The number of esters is 1. The summed E-state index contributed by atoms with van der Waals surface area (Å²) in [4.78, 5) is 29.4. The number of Topliss-reactive ketones (excluding diaryl/α,β-unsaturated/α-hetero) is 1. The molecule has 1 heterocycles. The largest absolute Gasteiger partial charge is 0.462 e. The summed E-state index contributed by atoms with van der Waals surface area (Å²) in [5.41, 5.74) is 1.98. The quantitative estimate of drug-likeness (QED) is 0.730. The Morgan fingerprint density at radius 3 is 2.36 bits per heavy atom. The van der Waals surface area contributed by atoms with Gasteiger partial charge in [0.05, 0.1) is 12.2 Å². The third-order valence-electron chi connectivity index (χ3n) is 7.38. The lowest BCUT2D eigenvalue weighted by molar-refractivity contribution is -0.158. The van der Waals surface area contributed by atoms with Gasteiger partial charge in [0.15, 0.2) is 0 Å². The van der Waals surface area contributed by atoms with Gasteiger partial charge >= 0.3 is 5.97 Å². The van der Waals surface area contributed by atoms with Gasteiger partial charge in [0.2, 0.25) is 0 Å². The second-order valence-electron chi connectivity index (χ2n) is 9.20. The summed E-state index contributed by atoms with van der Waals surface area (Å²) in [6.07, 6.45) is 2.20. The van der Waals surface area contributed by atoms with Crippen LogP contribution in [-0.2, 0) is 9.53 Å². The van der Waals surface area contributed by atoms with Crippen molar-refractivity contribution < 1.29 is 14.3 Å². The predicted molar refractivity (Wildman–Crippen MR) is 110 cm³/mol. The van der Waals surface area contributed by atoms with Crippen molar-refractivity contribution >= 4 is 17.4 Å². The summed E-state index contributed by atoms with van der Waals surface area (Å²) < 4.78 is 5.04. The molecular weight excluding hydrogens is 352 g/mol. The maximum absolute atomic E-state index is 12.8. The fourth-order valence-electron chi connectivity index (χ4n) is 5.33. The number of rotatable bonds is 5. The first kappa shape index (κ1) is 19.4. The number of hydrogen-bond acceptors (Lipinski definition) is 5. The van der Waals surface area contributed by atoms with Crippen LogP contribution >= 0.6 is 0 Å². The second-order valence-corrected chi connectivity index (χ2v) is 9.20. The molecule has 5 rings (SSSR count). The lowest BCUT2D eigenvalue weighted by Gasteiger charge is -2.58. The first-order chi connectivity index (χ1) is 13.4. The van der Waals surface area contributed by atoms with Gasteiger partial charge in [0.25, 0.3) is 0 Å². The average molecular weight is 385 g/mol. The molecule has 0 aromatic heterocycles. The maximum Gasteiger partial charge on any atom is 0.338 e. The number of carbonyl (C=O) groups excluding carboxylic acids is 2. The molecule has 28 heavy (non-hydrogen) atoms. The third kappa shape index (κ3) is 3.45. The van der Waals surface area contributed by atoms with E-state index in [4.69, 9.17) is 4.74 Å². The zero-order valence-corrected chi connectivity index (χ0v) is 17.3. The molecule has 4 aliphatic rings. The van der Waals surface area contributed by atoms with E-state index in [2.05, 4.69) is 23.6 Å². The van der Waals surface area contributed by atoms with Gasteiger partial charge in [-0.2, -0.15) is 0 Å². The van der Waals surface area contributed by atoms with Crippen molar-refractivity contribution in [1.29, 1.82) is 0 Å². The predicted octanol–water partition coefficient (Wildman–Crippen LogP) is 3.24. The molecule has 1 aliphatic heterocycles. The number of ketones is 1. The summed E-state index contributed by atoms with van der Waals surface area (Å²) in [7, 11) is 0. The zero-order chi connectivity index (χ0) is 19.9. The summed E-state index contributed by atoms with van der Waals surface area (Å²) in [6, 6.07) is 7.69. The van der Waals surface area contributed by atoms with Crippen LogP contribution in [0.2, 0.25) is 0 Å². The molecule has 1 unspecified atom stereocenters. The van der Waals surface area contributed by atoms with Gasteiger partial charge < -0.3 is 9.64 Å². The van der Waals surface area contributed by atoms with Gasteiger partial charge in [-0.15, -0.1) is 0 Å². The van der Waals surface area contributed by atoms with Crippen molar-refractivity contribution in [3.05, 3.63) is 29.8 Å². The highest BCUT2D eigenvalue weighted by Crippen LogP contribution is 2.59. The molecule has 5 nitrogen and oxygen atoms in total. The molecule has 0 N–H and O–H groups in total. The Balaban J connectivity index is 1.28. The van der Waals surface area contributed by atoms with E-state index >= 15 is 0 Å². The number of anilines is 1. The highest BCUT2D eigenvalue weighted by molar-refractivity contribution is 5.89. The van der Waals surface area contributed by atoms with E-state index in [1.807, 2.05) is 31.2 Å². The minimum atomic E-state index is -0.266. The molecule has 5 heteroatoms. The molecule has 3 aliphatic carbocycles. The minimum absolute atomic E-state index is 0.238. The lowest BCUT2D eigenvalue weighted by Crippen LogP contribution is -2.58. The molecule has 2 bridgehead atoms. The molecule has 1 aromatic carbocycles. The van der Waals surface area contributed by atoms with Crippen LogP contribution in [0.3, 0.4) is 0 Å². The topological polar surface area (TPSA) is 49.9 Å². The summed E-state index contributed by atoms with van der Waals surface area (Å²) in [5.74, 6) is 1.53. The number of nitrogens with zero attached hydrogens (tertiary/aromatic N) is 2. The summed E-state index contributed by atoms with van der Waals surface area (Å²) in [5, 5.41) is 0. The molecular formula is C23H32N2O3. The standard InChI is InChI=1S/C23H32N2O3/c1-4-28-22(27)16-5-7-19(8-6-16)25-11-9-24(10-12-25)15-17-13-18-14-20(21(17)26)23(18,2)3/h5-8,17-18,20H,4,9-15H2,1-3H3/t17?,18-,20-/m0/s1. The van der Waals surface area contributed by atoms with Gasteiger partial charge in [0, 0.05) is 50.2 Å². The SMILES string of the molecule is CCOC(=O)c1ccc(N2CCN(CC3C[C@H]4C[C@@H](C3=O)C4(C)C)CC2)cc1. The summed E-state index contributed by atoms with van der Waals surface area (Å²) >= 11 is 0. The van der Waals surface area contributed by atoms with Gasteiger partial charge in [-0.05, 0) is 55.4 Å². The van der Waals surface area contributed by atoms with Crippen molar-refractivity contribution in [2.45, 2.75) is 33.6 Å². The Kier molecular flexibility index (Phi) is 5.21. The molecule has 0 amide bonds. The molecule has 1 aromatic rings. The van der Waals surface area contributed by atoms with Crippen LogP contribution in [-0.4, -0.2) is 56.0 Å². The second kappa shape index (κ2) is 7.51. The number of benzene rings is 1. The van der Waals surface area contributed by atoms with Crippen molar-refractivity contribution in [3.8, 4) is 0 Å². The van der Waals surface area contributed by atoms with Crippen LogP contribution in [0.4, 0.5) is 5.69 Å². The van der Waals surface area contributed by atoms with Crippen LogP contribution in [0.5, 0.6) is 0 Å². The van der Waals surface area contributed by atoms with E-state index in [9.17, 15) is 9.59 Å². The van der Waals surface area contributed by atoms with Gasteiger partial charge in [-0.1, -0.05) is 13.8 Å². The van der Waals surface area contributed by atoms with E-state index in [1.165, 1.54) is 0 Å². The minimum Gasteiger partial charge on any atom is -0.462 e. The molecule has 3 saturated carbocycles. The normalized spacial score (nSPS) is 29.3. The molecule has 1 saturated heterocycles. The fourth-order valence-corrected chi connectivity index (χ4v) is 5.33. The van der Waals surface area contributed by atoms with Crippen molar-refractivity contribution in [1.82, 2.24) is 4.90 Å². The third-order valence-corrected chi connectivity index (χ3v) is 7.38. The van der Waals surface area contributed by atoms with Crippen LogP contribution in [0, 0.1) is 23.2 Å². The van der Waals surface area contributed by atoms with Crippen LogP contribution < -0.4 is 4.90 Å². The van der Waals surface area contributed by atoms with Crippen LogP contribution in [0.1, 0.15) is 44.0 Å². The number of piperazine rings is 1. The number of ether oxygens (including phenoxy) is 1. The highest BCUT2D eigenvalue weighted by Gasteiger charge is 2.57. The van der Waals surface area contributed by atoms with Gasteiger partial charge in [-0.3, -0.25) is 9.69 Å². The van der Waals surface area contributed by atoms with Gasteiger partial charge in [0.1, 0.15) is 5.78 Å². The van der Waals surface area contributed by atoms with Crippen molar-refractivity contribution in [2.24, 2.45) is 23.2 Å². The first-order valence-electron chi connectivity index (χ1n) is 10.7. The Hall–Kier alpha value is -1.88. The summed E-state index contributed by atoms with van der Waals surface area (Å²) in [6.45, 7) is 11.6. The lowest BCUT2D eigenvalue weighted by atomic mass is 9.46. The molecule has 152 valence electrons. The van der Waals surface area contributed by atoms with E-state index in [0.29, 0.717) is 23.9 Å². The number of carbonyl (C=O) groups is 2. The van der Waals surface area contributed by atoms with E-state index in [-0.39, 0.29) is 17.3 Å². The number of fused-ring (bicyclic) bond motifs is 2. The monoisotopic (exact) mass is 384 g/mol. The smallest absolute Gasteiger partial charge is 0.338 e. The molecule has 0 radical (unpaired) electrons. The van der Waals surface area contributed by atoms with Crippen molar-refractivity contribution in [2.75, 3.05) is 44.2 Å². The Labute approximate surface area is 168 Å². The Bertz CT molecular complexity index is 735. The average Bonchev–Trinajstić information content (AvgIpc) is 2.70. The Morgan fingerprint density at radius 2 is 1.79 bits per heavy atom. The first-order valence-corrected chi connectivity index (χ1v) is 10.7. The van der Waals surface area contributed by atoms with E-state index in [0.717, 1.165) is 57.2 Å². The van der Waals surface area contributed by atoms with Crippen LogP contribution in [0.15, 0.2) is 24.3 Å². The number of hydrogen-bond donors (Lipinski definition) is 0. The zero-order valence-electron chi connectivity index (χ0n) is 17.3. The van der Waals surface area contributed by atoms with Gasteiger partial charge in [-0.25, -0.2) is 4.79 Å². The Morgan fingerprint density at radius 1 is 1.11 bits per heavy atom. The molecule has 3 atom stereocenters. The van der Waals surface area contributed by atoms with Crippen LogP contribution in [0.25, 0.3) is 0 Å².